The van der Waals surface area contributed by atoms with Crippen LogP contribution in [0.3, 0.4) is 0 Å². The number of anilines is 4. The molecule has 0 radical (unpaired) electrons. The van der Waals surface area contributed by atoms with Gasteiger partial charge in [-0.2, -0.15) is 15.0 Å². The fourth-order valence-corrected chi connectivity index (χ4v) is 4.96. The van der Waals surface area contributed by atoms with E-state index >= 15 is 0 Å². The number of hydrogen-bond acceptors (Lipinski definition) is 8. The maximum atomic E-state index is 11.7. The van der Waals surface area contributed by atoms with Gasteiger partial charge in [-0.25, -0.2) is 0 Å². The Morgan fingerprint density at radius 1 is 1.10 bits per heavy atom. The number of hydrogen-bond donors (Lipinski definition) is 3. The van der Waals surface area contributed by atoms with Crippen molar-refractivity contribution in [2.45, 2.75) is 66.0 Å². The zero-order valence-electron chi connectivity index (χ0n) is 25.0. The average molecular weight is 545 g/mol. The first-order valence-corrected chi connectivity index (χ1v) is 14.1. The van der Waals surface area contributed by atoms with Crippen LogP contribution in [-0.4, -0.2) is 58.5 Å². The van der Waals surface area contributed by atoms with Crippen LogP contribution in [0.2, 0.25) is 0 Å². The van der Waals surface area contributed by atoms with Gasteiger partial charge >= 0.3 is 0 Å². The molecule has 1 saturated heterocycles. The van der Waals surface area contributed by atoms with E-state index in [0.717, 1.165) is 43.9 Å². The van der Waals surface area contributed by atoms with Crippen LogP contribution in [-0.2, 0) is 12.0 Å². The van der Waals surface area contributed by atoms with Gasteiger partial charge in [-0.3, -0.25) is 9.69 Å². The second kappa shape index (κ2) is 12.2. The summed E-state index contributed by atoms with van der Waals surface area (Å²) < 4.78 is 0. The molecular formula is C31H44N8O. The summed E-state index contributed by atoms with van der Waals surface area (Å²) >= 11 is 0. The third-order valence-corrected chi connectivity index (χ3v) is 7.20. The minimum atomic E-state index is -0.477. The van der Waals surface area contributed by atoms with Crippen molar-refractivity contribution >= 4 is 29.4 Å². The highest BCUT2D eigenvalue weighted by atomic mass is 16.1. The first-order chi connectivity index (χ1) is 18.9. The predicted molar refractivity (Wildman–Crippen MR) is 163 cm³/mol. The molecule has 9 heteroatoms. The third kappa shape index (κ3) is 7.69. The number of carbonyl (C=O) groups is 1. The molecular weight excluding hydrogens is 500 g/mol. The number of rotatable bonds is 10. The van der Waals surface area contributed by atoms with Crippen molar-refractivity contribution < 1.29 is 4.79 Å². The van der Waals surface area contributed by atoms with Crippen molar-refractivity contribution in [1.29, 1.82) is 0 Å². The largest absolute Gasteiger partial charge is 0.366 e. The molecule has 0 bridgehead atoms. The van der Waals surface area contributed by atoms with Crippen LogP contribution < -0.4 is 21.3 Å². The zero-order valence-corrected chi connectivity index (χ0v) is 25.0. The molecule has 0 spiro atoms. The maximum absolute atomic E-state index is 11.7. The van der Waals surface area contributed by atoms with Gasteiger partial charge in [0.2, 0.25) is 23.8 Å². The molecule has 1 amide bonds. The first kappa shape index (κ1) is 29.3. The summed E-state index contributed by atoms with van der Waals surface area (Å²) in [6.07, 6.45) is 1.01. The molecule has 4 rings (SSSR count). The number of carbonyl (C=O) groups excluding carboxylic acids is 1. The van der Waals surface area contributed by atoms with Gasteiger partial charge in [0.1, 0.15) is 0 Å². The highest BCUT2D eigenvalue weighted by Crippen LogP contribution is 2.25. The van der Waals surface area contributed by atoms with Crippen LogP contribution >= 0.6 is 0 Å². The standard InChI is InChI=1S/C31H44N8O/c1-20(2)17-38(7)30-36-28(35-29(37-30)34-26-16-23(27(32)40)11-8-21(26)3)33-25-14-15-39(19-25)18-22-9-12-24(13-10-22)31(4,5)6/h8-13,16,20,25H,14-15,17-19H2,1-7H3,(H2,32,40)(H2,33,34,35,36,37)/t25-/m0/s1. The number of nitrogens with zero attached hydrogens (tertiary/aromatic N) is 5. The maximum Gasteiger partial charge on any atom is 0.248 e. The smallest absolute Gasteiger partial charge is 0.248 e. The van der Waals surface area contributed by atoms with E-state index in [1.54, 1.807) is 12.1 Å². The monoisotopic (exact) mass is 544 g/mol. The number of nitrogens with one attached hydrogen (secondary N) is 2. The quantitative estimate of drug-likeness (QED) is 0.323. The van der Waals surface area contributed by atoms with Crippen molar-refractivity contribution in [3.8, 4) is 0 Å². The third-order valence-electron chi connectivity index (χ3n) is 7.20. The van der Waals surface area contributed by atoms with Crippen LogP contribution in [0.5, 0.6) is 0 Å². The molecule has 40 heavy (non-hydrogen) atoms. The molecule has 1 aromatic heterocycles. The zero-order chi connectivity index (χ0) is 29.0. The van der Waals surface area contributed by atoms with E-state index in [-0.39, 0.29) is 11.5 Å². The van der Waals surface area contributed by atoms with E-state index in [1.165, 1.54) is 11.1 Å². The summed E-state index contributed by atoms with van der Waals surface area (Å²) in [6.45, 7) is 16.7. The molecule has 9 nitrogen and oxygen atoms in total. The normalized spacial score (nSPS) is 15.8. The lowest BCUT2D eigenvalue weighted by molar-refractivity contribution is 0.100. The molecule has 1 fully saturated rings. The Hall–Kier alpha value is -3.72. The number of primary amides is 1. The summed E-state index contributed by atoms with van der Waals surface area (Å²) in [7, 11) is 1.99. The average Bonchev–Trinajstić information content (AvgIpc) is 3.31. The molecule has 2 aromatic carbocycles. The summed E-state index contributed by atoms with van der Waals surface area (Å²) in [4.78, 5) is 30.4. The Morgan fingerprint density at radius 2 is 1.80 bits per heavy atom. The van der Waals surface area contributed by atoms with Crippen LogP contribution in [0, 0.1) is 12.8 Å². The van der Waals surface area contributed by atoms with E-state index in [1.807, 2.05) is 24.9 Å². The van der Waals surface area contributed by atoms with Gasteiger partial charge in [0.25, 0.3) is 0 Å². The van der Waals surface area contributed by atoms with Gasteiger partial charge in [-0.05, 0) is 53.5 Å². The molecule has 0 saturated carbocycles. The lowest BCUT2D eigenvalue weighted by atomic mass is 9.87. The Kier molecular flexibility index (Phi) is 8.93. The summed E-state index contributed by atoms with van der Waals surface area (Å²) in [5.41, 5.74) is 10.5. The summed E-state index contributed by atoms with van der Waals surface area (Å²) in [6, 6.07) is 14.5. The fourth-order valence-electron chi connectivity index (χ4n) is 4.96. The minimum absolute atomic E-state index is 0.158. The molecule has 1 atom stereocenters. The Bertz CT molecular complexity index is 1320. The number of amides is 1. The number of aryl methyl sites for hydroxylation is 1. The molecule has 214 valence electrons. The highest BCUT2D eigenvalue weighted by molar-refractivity contribution is 5.94. The van der Waals surface area contributed by atoms with Crippen molar-refractivity contribution in [2.75, 3.05) is 42.2 Å². The van der Waals surface area contributed by atoms with Gasteiger partial charge < -0.3 is 21.3 Å². The summed E-state index contributed by atoms with van der Waals surface area (Å²) in [5, 5.41) is 6.85. The molecule has 0 unspecified atom stereocenters. The van der Waals surface area contributed by atoms with Crippen molar-refractivity contribution in [3.63, 3.8) is 0 Å². The number of nitrogens with two attached hydrogens (primary N) is 1. The Morgan fingerprint density at radius 3 is 2.45 bits per heavy atom. The predicted octanol–water partition coefficient (Wildman–Crippen LogP) is 5.10. The van der Waals surface area contributed by atoms with Crippen molar-refractivity contribution in [2.24, 2.45) is 11.7 Å². The number of benzene rings is 2. The Balaban J connectivity index is 1.49. The van der Waals surface area contributed by atoms with Gasteiger partial charge in [0.05, 0.1) is 0 Å². The lowest BCUT2D eigenvalue weighted by Gasteiger charge is -2.22. The van der Waals surface area contributed by atoms with Crippen LogP contribution in [0.15, 0.2) is 42.5 Å². The van der Waals surface area contributed by atoms with E-state index < -0.39 is 5.91 Å². The molecule has 4 N–H and O–H groups in total. The van der Waals surface area contributed by atoms with Crippen molar-refractivity contribution in [1.82, 2.24) is 19.9 Å². The lowest BCUT2D eigenvalue weighted by Crippen LogP contribution is -2.28. The molecule has 2 heterocycles. The second-order valence-corrected chi connectivity index (χ2v) is 12.4. The van der Waals surface area contributed by atoms with Crippen LogP contribution in [0.4, 0.5) is 23.5 Å². The Labute approximate surface area is 238 Å². The SMILES string of the molecule is Cc1ccc(C(N)=O)cc1Nc1nc(N[C@H]2CCN(Cc3ccc(C(C)(C)C)cc3)C2)nc(N(C)CC(C)C)n1. The number of aromatic nitrogens is 3. The fraction of sp³-hybridized carbons (Fsp3) is 0.484. The summed E-state index contributed by atoms with van der Waals surface area (Å²) in [5.74, 6) is 1.51. The molecule has 1 aliphatic heterocycles. The van der Waals surface area contributed by atoms with Gasteiger partial charge in [0.15, 0.2) is 0 Å². The minimum Gasteiger partial charge on any atom is -0.366 e. The van der Waals surface area contributed by atoms with Crippen LogP contribution in [0.1, 0.15) is 68.1 Å². The number of likely N-dealkylation sites (tertiary alicyclic amines) is 1. The van der Waals surface area contributed by atoms with E-state index in [0.29, 0.717) is 29.3 Å². The van der Waals surface area contributed by atoms with Gasteiger partial charge in [-0.15, -0.1) is 0 Å². The van der Waals surface area contributed by atoms with Gasteiger partial charge in [-0.1, -0.05) is 65.0 Å². The topological polar surface area (TPSA) is 112 Å². The molecule has 3 aromatic rings. The van der Waals surface area contributed by atoms with Gasteiger partial charge in [0, 0.05) is 50.5 Å². The van der Waals surface area contributed by atoms with E-state index in [2.05, 4.69) is 74.4 Å². The molecule has 1 aliphatic rings. The molecule has 0 aliphatic carbocycles. The van der Waals surface area contributed by atoms with Crippen molar-refractivity contribution in [3.05, 3.63) is 64.7 Å². The van der Waals surface area contributed by atoms with E-state index in [4.69, 9.17) is 20.7 Å². The first-order valence-electron chi connectivity index (χ1n) is 14.1. The second-order valence-electron chi connectivity index (χ2n) is 12.4. The highest BCUT2D eigenvalue weighted by Gasteiger charge is 2.24. The van der Waals surface area contributed by atoms with E-state index in [9.17, 15) is 4.79 Å². The van der Waals surface area contributed by atoms with Crippen LogP contribution in [0.25, 0.3) is 0 Å².